The first kappa shape index (κ1) is 31.7. The van der Waals surface area contributed by atoms with E-state index < -0.39 is 11.6 Å². The zero-order valence-corrected chi connectivity index (χ0v) is 28.9. The molecule has 0 aliphatic carbocycles. The molecular formula is C39H36N6O4S. The molecule has 0 saturated carbocycles. The van der Waals surface area contributed by atoms with Crippen molar-refractivity contribution in [3.63, 3.8) is 0 Å². The monoisotopic (exact) mass is 684 g/mol. The SMILES string of the molecule is CC(C)(C)OC(=O)c1nc(N2CCc3cccc(C(=O)Nc4nc5ccccc5s4)c3C2)ccc1-c1cnn(C2CCOc3ccccc32)c1. The number of amides is 1. The Morgan fingerprint density at radius 2 is 1.82 bits per heavy atom. The zero-order valence-electron chi connectivity index (χ0n) is 28.1. The van der Waals surface area contributed by atoms with Gasteiger partial charge in [0.05, 0.1) is 29.1 Å². The number of rotatable bonds is 6. The van der Waals surface area contributed by atoms with Crippen LogP contribution in [0, 0.1) is 0 Å². The minimum absolute atomic E-state index is 0.0142. The molecule has 0 radical (unpaired) electrons. The number of anilines is 2. The van der Waals surface area contributed by atoms with Gasteiger partial charge in [-0.1, -0.05) is 53.8 Å². The highest BCUT2D eigenvalue weighted by atomic mass is 32.1. The van der Waals surface area contributed by atoms with E-state index in [1.807, 2.05) is 98.4 Å². The smallest absolute Gasteiger partial charge is 0.358 e. The predicted octanol–water partition coefficient (Wildman–Crippen LogP) is 7.70. The summed E-state index contributed by atoms with van der Waals surface area (Å²) < 4.78 is 14.7. The van der Waals surface area contributed by atoms with E-state index in [2.05, 4.69) is 27.3 Å². The molecule has 11 heteroatoms. The zero-order chi connectivity index (χ0) is 34.4. The lowest BCUT2D eigenvalue weighted by Crippen LogP contribution is -2.33. The fourth-order valence-corrected chi connectivity index (χ4v) is 7.53. The van der Waals surface area contributed by atoms with Crippen molar-refractivity contribution in [1.82, 2.24) is 19.7 Å². The van der Waals surface area contributed by atoms with E-state index in [1.165, 1.54) is 11.3 Å². The molecule has 5 heterocycles. The molecular weight excluding hydrogens is 649 g/mol. The molecule has 6 aromatic rings. The van der Waals surface area contributed by atoms with E-state index >= 15 is 0 Å². The Labute approximate surface area is 293 Å². The molecule has 1 unspecified atom stereocenters. The van der Waals surface area contributed by atoms with Crippen LogP contribution in [-0.2, 0) is 17.7 Å². The first-order chi connectivity index (χ1) is 24.2. The van der Waals surface area contributed by atoms with Crippen molar-refractivity contribution >= 4 is 44.4 Å². The Kier molecular flexibility index (Phi) is 8.07. The third-order valence-electron chi connectivity index (χ3n) is 8.99. The normalized spacial score (nSPS) is 15.6. The fourth-order valence-electron chi connectivity index (χ4n) is 6.66. The first-order valence-corrected chi connectivity index (χ1v) is 17.5. The van der Waals surface area contributed by atoms with Gasteiger partial charge >= 0.3 is 5.97 Å². The van der Waals surface area contributed by atoms with Gasteiger partial charge in [0.25, 0.3) is 5.91 Å². The van der Waals surface area contributed by atoms with Crippen LogP contribution in [0.5, 0.6) is 5.75 Å². The van der Waals surface area contributed by atoms with Gasteiger partial charge in [-0.25, -0.2) is 14.8 Å². The number of fused-ring (bicyclic) bond motifs is 3. The quantitative estimate of drug-likeness (QED) is 0.178. The van der Waals surface area contributed by atoms with Crippen LogP contribution in [0.15, 0.2) is 91.3 Å². The van der Waals surface area contributed by atoms with Crippen LogP contribution >= 0.6 is 11.3 Å². The topological polar surface area (TPSA) is 111 Å². The summed E-state index contributed by atoms with van der Waals surface area (Å²) in [4.78, 5) is 39.0. The number of thiazole rings is 1. The lowest BCUT2D eigenvalue weighted by molar-refractivity contribution is 0.00638. The Bertz CT molecular complexity index is 2220. The number of ether oxygens (including phenoxy) is 2. The number of hydrogen-bond acceptors (Lipinski definition) is 9. The van der Waals surface area contributed by atoms with E-state index in [1.54, 1.807) is 6.20 Å². The van der Waals surface area contributed by atoms with Gasteiger partial charge in [0.15, 0.2) is 10.8 Å². The molecule has 2 aliphatic heterocycles. The van der Waals surface area contributed by atoms with Gasteiger partial charge in [0, 0.05) is 48.0 Å². The Morgan fingerprint density at radius 1 is 0.980 bits per heavy atom. The maximum Gasteiger partial charge on any atom is 0.358 e. The van der Waals surface area contributed by atoms with Crippen LogP contribution in [0.2, 0.25) is 0 Å². The van der Waals surface area contributed by atoms with E-state index in [-0.39, 0.29) is 17.6 Å². The van der Waals surface area contributed by atoms with Gasteiger partial charge in [0.1, 0.15) is 17.2 Å². The number of carbonyl (C=O) groups excluding carboxylic acids is 2. The number of benzene rings is 3. The summed E-state index contributed by atoms with van der Waals surface area (Å²) in [6.07, 6.45) is 5.24. The highest BCUT2D eigenvalue weighted by molar-refractivity contribution is 7.22. The lowest BCUT2D eigenvalue weighted by Gasteiger charge is -2.31. The van der Waals surface area contributed by atoms with Crippen molar-refractivity contribution in [3.05, 3.63) is 119 Å². The molecule has 0 fully saturated rings. The van der Waals surface area contributed by atoms with Gasteiger partial charge in [-0.15, -0.1) is 0 Å². The molecule has 252 valence electrons. The van der Waals surface area contributed by atoms with Crippen molar-refractivity contribution < 1.29 is 19.1 Å². The number of hydrogen-bond donors (Lipinski definition) is 1. The number of nitrogens with zero attached hydrogens (tertiary/aromatic N) is 5. The van der Waals surface area contributed by atoms with E-state index in [4.69, 9.17) is 19.6 Å². The summed E-state index contributed by atoms with van der Waals surface area (Å²) in [7, 11) is 0. The molecule has 3 aromatic heterocycles. The molecule has 0 spiro atoms. The molecule has 1 atom stereocenters. The summed E-state index contributed by atoms with van der Waals surface area (Å²) >= 11 is 1.45. The van der Waals surface area contributed by atoms with Crippen LogP contribution in [0.1, 0.15) is 70.8 Å². The number of pyridine rings is 1. The summed E-state index contributed by atoms with van der Waals surface area (Å²) in [6, 6.07) is 25.5. The molecule has 1 N–H and O–H groups in total. The van der Waals surface area contributed by atoms with Gasteiger partial charge in [-0.3, -0.25) is 14.8 Å². The second-order valence-electron chi connectivity index (χ2n) is 13.5. The van der Waals surface area contributed by atoms with Crippen LogP contribution in [0.3, 0.4) is 0 Å². The second-order valence-corrected chi connectivity index (χ2v) is 14.6. The second kappa shape index (κ2) is 12.7. The number of aromatic nitrogens is 4. The maximum atomic E-state index is 13.7. The molecule has 50 heavy (non-hydrogen) atoms. The summed E-state index contributed by atoms with van der Waals surface area (Å²) in [5.74, 6) is 0.783. The van der Waals surface area contributed by atoms with Crippen LogP contribution in [0.25, 0.3) is 21.3 Å². The maximum absolute atomic E-state index is 13.7. The molecule has 3 aromatic carbocycles. The van der Waals surface area contributed by atoms with E-state index in [9.17, 15) is 9.59 Å². The largest absolute Gasteiger partial charge is 0.493 e. The molecule has 0 saturated heterocycles. The summed E-state index contributed by atoms with van der Waals surface area (Å²) in [5.41, 5.74) is 5.49. The molecule has 8 rings (SSSR count). The van der Waals surface area contributed by atoms with Crippen molar-refractivity contribution in [1.29, 1.82) is 0 Å². The number of esters is 1. The van der Waals surface area contributed by atoms with Crippen LogP contribution in [0.4, 0.5) is 10.9 Å². The molecule has 2 aliphatic rings. The van der Waals surface area contributed by atoms with E-state index in [0.717, 1.165) is 51.1 Å². The summed E-state index contributed by atoms with van der Waals surface area (Å²) in [6.45, 7) is 7.27. The Hall–Kier alpha value is -5.55. The van der Waals surface area contributed by atoms with Crippen molar-refractivity contribution in [2.45, 2.75) is 51.8 Å². The molecule has 10 nitrogen and oxygen atoms in total. The third-order valence-corrected chi connectivity index (χ3v) is 9.94. The minimum Gasteiger partial charge on any atom is -0.493 e. The number of para-hydroxylation sites is 2. The predicted molar refractivity (Wildman–Crippen MR) is 194 cm³/mol. The van der Waals surface area contributed by atoms with Gasteiger partial charge in [0.2, 0.25) is 0 Å². The third kappa shape index (κ3) is 6.20. The Morgan fingerprint density at radius 3 is 2.68 bits per heavy atom. The van der Waals surface area contributed by atoms with Gasteiger partial charge < -0.3 is 14.4 Å². The van der Waals surface area contributed by atoms with Crippen LogP contribution < -0.4 is 15.0 Å². The fraction of sp³-hybridized carbons (Fsp3) is 0.256. The highest BCUT2D eigenvalue weighted by Crippen LogP contribution is 2.36. The lowest BCUT2D eigenvalue weighted by atomic mass is 9.94. The molecule has 1 amide bonds. The van der Waals surface area contributed by atoms with Gasteiger partial charge in [-0.05, 0) is 74.7 Å². The van der Waals surface area contributed by atoms with Crippen molar-refractivity contribution in [3.8, 4) is 16.9 Å². The average Bonchev–Trinajstić information content (AvgIpc) is 3.77. The number of carbonyl (C=O) groups is 2. The van der Waals surface area contributed by atoms with Crippen molar-refractivity contribution in [2.75, 3.05) is 23.4 Å². The highest BCUT2D eigenvalue weighted by Gasteiger charge is 2.29. The van der Waals surface area contributed by atoms with Crippen LogP contribution in [-0.4, -0.2) is 50.4 Å². The first-order valence-electron chi connectivity index (χ1n) is 16.7. The molecule has 0 bridgehead atoms. The average molecular weight is 685 g/mol. The van der Waals surface area contributed by atoms with Gasteiger partial charge in [-0.2, -0.15) is 5.10 Å². The minimum atomic E-state index is -0.711. The standard InChI is InChI=1S/C39H36N6O4S/c1-39(2,3)49-37(47)35-26(25-21-40-45(22-25)31-18-20-48-32-13-6-4-10-28(31)32)15-16-34(42-35)44-19-17-24-9-8-11-27(29(24)23-44)36(46)43-38-41-30-12-5-7-14-33(30)50-38/h4-16,21-22,31H,17-20,23H2,1-3H3,(H,41,43,46). The number of nitrogens with one attached hydrogen (secondary N) is 1. The van der Waals surface area contributed by atoms with Crippen molar-refractivity contribution in [2.24, 2.45) is 0 Å². The Balaban J connectivity index is 1.10. The van der Waals surface area contributed by atoms with E-state index in [0.29, 0.717) is 41.8 Å². The summed E-state index contributed by atoms with van der Waals surface area (Å²) in [5, 5.41) is 8.30.